The Labute approximate surface area is 176 Å². The van der Waals surface area contributed by atoms with E-state index in [9.17, 15) is 9.59 Å². The van der Waals surface area contributed by atoms with E-state index in [2.05, 4.69) is 15.2 Å². The fraction of sp³-hybridized carbons (Fsp3) is 0.409. The van der Waals surface area contributed by atoms with Crippen LogP contribution in [0.1, 0.15) is 30.6 Å². The number of pyridine rings is 1. The second kappa shape index (κ2) is 9.74. The number of amides is 2. The first-order valence-electron chi connectivity index (χ1n) is 10.0. The molecule has 0 radical (unpaired) electrons. The summed E-state index contributed by atoms with van der Waals surface area (Å²) in [5.41, 5.74) is 0.496. The molecule has 1 fully saturated rings. The lowest BCUT2D eigenvalue weighted by Crippen LogP contribution is -2.56. The van der Waals surface area contributed by atoms with Gasteiger partial charge < -0.3 is 15.1 Å². The molecule has 1 aliphatic rings. The summed E-state index contributed by atoms with van der Waals surface area (Å²) in [7, 11) is 0. The predicted octanol–water partition coefficient (Wildman–Crippen LogP) is 3.23. The molecule has 2 atom stereocenters. The lowest BCUT2D eigenvalue weighted by molar-refractivity contribution is -0.134. The molecule has 1 aliphatic heterocycles. The van der Waals surface area contributed by atoms with Crippen LogP contribution in [0.3, 0.4) is 0 Å². The van der Waals surface area contributed by atoms with Crippen LogP contribution in [0.25, 0.3) is 0 Å². The number of nitrogens with one attached hydrogen (secondary N) is 1. The van der Waals surface area contributed by atoms with Crippen molar-refractivity contribution in [3.63, 3.8) is 0 Å². The number of hydrogen-bond donors (Lipinski definition) is 1. The summed E-state index contributed by atoms with van der Waals surface area (Å²) in [4.78, 5) is 34.3. The molecule has 0 spiro atoms. The Bertz CT molecular complexity index is 820. The summed E-state index contributed by atoms with van der Waals surface area (Å²) in [6.45, 7) is 6.69. The first kappa shape index (κ1) is 21.1. The van der Waals surface area contributed by atoms with Gasteiger partial charge in [0.05, 0.1) is 0 Å². The van der Waals surface area contributed by atoms with Gasteiger partial charge in [0.25, 0.3) is 5.91 Å². The Hall–Kier alpha value is -2.60. The molecule has 29 heavy (non-hydrogen) atoms. The van der Waals surface area contributed by atoms with Gasteiger partial charge >= 0.3 is 0 Å². The van der Waals surface area contributed by atoms with Crippen LogP contribution >= 0.6 is 11.6 Å². The first-order chi connectivity index (χ1) is 14.0. The second-order valence-electron chi connectivity index (χ2n) is 7.34. The van der Waals surface area contributed by atoms with Gasteiger partial charge in [0.2, 0.25) is 5.91 Å². The number of anilines is 1. The van der Waals surface area contributed by atoms with Gasteiger partial charge in [-0.2, -0.15) is 0 Å². The summed E-state index contributed by atoms with van der Waals surface area (Å²) in [6.07, 6.45) is 2.57. The molecule has 7 heteroatoms. The van der Waals surface area contributed by atoms with E-state index in [0.717, 1.165) is 25.3 Å². The molecule has 1 N–H and O–H groups in total. The maximum Gasteiger partial charge on any atom is 0.251 e. The summed E-state index contributed by atoms with van der Waals surface area (Å²) < 4.78 is 0. The molecule has 0 aliphatic carbocycles. The molecule has 0 saturated carbocycles. The van der Waals surface area contributed by atoms with Gasteiger partial charge in [-0.1, -0.05) is 37.9 Å². The Kier molecular flexibility index (Phi) is 7.09. The van der Waals surface area contributed by atoms with E-state index in [-0.39, 0.29) is 17.7 Å². The lowest BCUT2D eigenvalue weighted by Gasteiger charge is -2.38. The van der Waals surface area contributed by atoms with Crippen molar-refractivity contribution in [2.24, 2.45) is 5.92 Å². The Balaban J connectivity index is 1.65. The number of aromatic nitrogens is 1. The van der Waals surface area contributed by atoms with Gasteiger partial charge in [-0.3, -0.25) is 9.59 Å². The molecule has 2 unspecified atom stereocenters. The Morgan fingerprint density at radius 1 is 1.10 bits per heavy atom. The van der Waals surface area contributed by atoms with Crippen molar-refractivity contribution in [3.05, 3.63) is 59.2 Å². The van der Waals surface area contributed by atoms with Crippen LogP contribution in [0.4, 0.5) is 5.82 Å². The van der Waals surface area contributed by atoms with Crippen molar-refractivity contribution in [1.82, 2.24) is 15.2 Å². The number of carbonyl (C=O) groups excluding carboxylic acids is 2. The molecule has 1 aromatic heterocycles. The highest BCUT2D eigenvalue weighted by Gasteiger charge is 2.32. The van der Waals surface area contributed by atoms with E-state index in [4.69, 9.17) is 11.6 Å². The number of hydrogen-bond acceptors (Lipinski definition) is 4. The minimum atomic E-state index is -0.551. The number of rotatable bonds is 6. The molecule has 1 saturated heterocycles. The number of nitrogens with zero attached hydrogens (tertiary/aromatic N) is 3. The third-order valence-corrected chi connectivity index (χ3v) is 5.69. The van der Waals surface area contributed by atoms with Crippen molar-refractivity contribution in [1.29, 1.82) is 0 Å². The number of piperazine rings is 1. The third-order valence-electron chi connectivity index (χ3n) is 5.44. The highest BCUT2D eigenvalue weighted by molar-refractivity contribution is 6.30. The molecule has 0 bridgehead atoms. The maximum atomic E-state index is 13.2. The highest BCUT2D eigenvalue weighted by Crippen LogP contribution is 2.17. The van der Waals surface area contributed by atoms with Crippen LogP contribution < -0.4 is 10.2 Å². The number of carbonyl (C=O) groups is 2. The molecular formula is C22H27ClN4O2. The molecule has 3 rings (SSSR count). The number of halogens is 1. The largest absolute Gasteiger partial charge is 0.353 e. The summed E-state index contributed by atoms with van der Waals surface area (Å²) in [6, 6.07) is 12.0. The second-order valence-corrected chi connectivity index (χ2v) is 7.78. The van der Waals surface area contributed by atoms with Crippen LogP contribution in [0.2, 0.25) is 5.02 Å². The zero-order valence-corrected chi connectivity index (χ0v) is 17.6. The molecule has 154 valence electrons. The standard InChI is InChI=1S/C22H27ClN4O2/c1-3-16(2)20(25-21(28)17-7-9-18(23)10-8-17)22(29)27-14-12-26(13-15-27)19-6-4-5-11-24-19/h4-11,16,20H,3,12-15H2,1-2H3,(H,25,28). The van der Waals surface area contributed by atoms with Gasteiger partial charge in [0, 0.05) is 43.0 Å². The van der Waals surface area contributed by atoms with E-state index in [1.165, 1.54) is 0 Å². The van der Waals surface area contributed by atoms with Crippen molar-refractivity contribution in [3.8, 4) is 0 Å². The SMILES string of the molecule is CCC(C)C(NC(=O)c1ccc(Cl)cc1)C(=O)N1CCN(c2ccccn2)CC1. The fourth-order valence-electron chi connectivity index (χ4n) is 3.40. The van der Waals surface area contributed by atoms with Crippen LogP contribution in [0, 0.1) is 5.92 Å². The normalized spacial score (nSPS) is 16.2. The topological polar surface area (TPSA) is 65.5 Å². The van der Waals surface area contributed by atoms with Gasteiger partial charge in [-0.15, -0.1) is 0 Å². The number of benzene rings is 1. The Morgan fingerprint density at radius 2 is 1.79 bits per heavy atom. The Morgan fingerprint density at radius 3 is 2.38 bits per heavy atom. The van der Waals surface area contributed by atoms with Crippen molar-refractivity contribution in [2.75, 3.05) is 31.1 Å². The molecule has 2 amide bonds. The summed E-state index contributed by atoms with van der Waals surface area (Å²) in [5, 5.41) is 3.52. The smallest absolute Gasteiger partial charge is 0.251 e. The van der Waals surface area contributed by atoms with Gasteiger partial charge in [0.1, 0.15) is 11.9 Å². The van der Waals surface area contributed by atoms with E-state index in [1.807, 2.05) is 36.9 Å². The van der Waals surface area contributed by atoms with E-state index in [0.29, 0.717) is 23.7 Å². The average Bonchev–Trinajstić information content (AvgIpc) is 2.77. The van der Waals surface area contributed by atoms with E-state index < -0.39 is 6.04 Å². The minimum Gasteiger partial charge on any atom is -0.353 e. The van der Waals surface area contributed by atoms with Crippen molar-refractivity contribution >= 4 is 29.2 Å². The molecule has 2 heterocycles. The fourth-order valence-corrected chi connectivity index (χ4v) is 3.53. The van der Waals surface area contributed by atoms with Crippen LogP contribution in [0.15, 0.2) is 48.7 Å². The predicted molar refractivity (Wildman–Crippen MR) is 115 cm³/mol. The zero-order chi connectivity index (χ0) is 20.8. The monoisotopic (exact) mass is 414 g/mol. The highest BCUT2D eigenvalue weighted by atomic mass is 35.5. The quantitative estimate of drug-likeness (QED) is 0.788. The zero-order valence-electron chi connectivity index (χ0n) is 16.8. The van der Waals surface area contributed by atoms with Crippen molar-refractivity contribution < 1.29 is 9.59 Å². The van der Waals surface area contributed by atoms with Gasteiger partial charge in [-0.25, -0.2) is 4.98 Å². The average molecular weight is 415 g/mol. The molecule has 1 aromatic carbocycles. The van der Waals surface area contributed by atoms with Crippen LogP contribution in [0.5, 0.6) is 0 Å². The third kappa shape index (κ3) is 5.26. The lowest BCUT2D eigenvalue weighted by atomic mass is 9.97. The van der Waals surface area contributed by atoms with Crippen LogP contribution in [-0.4, -0.2) is 53.9 Å². The van der Waals surface area contributed by atoms with Gasteiger partial charge in [-0.05, 0) is 42.3 Å². The summed E-state index contributed by atoms with van der Waals surface area (Å²) in [5.74, 6) is 0.677. The molecule has 2 aromatic rings. The maximum absolute atomic E-state index is 13.2. The molecule has 6 nitrogen and oxygen atoms in total. The molecular weight excluding hydrogens is 388 g/mol. The van der Waals surface area contributed by atoms with E-state index in [1.54, 1.807) is 30.5 Å². The van der Waals surface area contributed by atoms with Crippen molar-refractivity contribution in [2.45, 2.75) is 26.3 Å². The first-order valence-corrected chi connectivity index (χ1v) is 10.4. The van der Waals surface area contributed by atoms with Gasteiger partial charge in [0.15, 0.2) is 0 Å². The van der Waals surface area contributed by atoms with Crippen LogP contribution in [-0.2, 0) is 4.79 Å². The summed E-state index contributed by atoms with van der Waals surface area (Å²) >= 11 is 5.90. The minimum absolute atomic E-state index is 0.0256. The van der Waals surface area contributed by atoms with E-state index >= 15 is 0 Å².